The molecule has 174 valence electrons. The van der Waals surface area contributed by atoms with E-state index in [-0.39, 0.29) is 24.3 Å². The first-order valence-corrected chi connectivity index (χ1v) is 10.9. The van der Waals surface area contributed by atoms with Crippen molar-refractivity contribution >= 4 is 23.6 Å². The van der Waals surface area contributed by atoms with Crippen molar-refractivity contribution in [2.24, 2.45) is 0 Å². The summed E-state index contributed by atoms with van der Waals surface area (Å²) in [4.78, 5) is 43.2. The summed E-state index contributed by atoms with van der Waals surface area (Å²) >= 11 is 0. The summed E-state index contributed by atoms with van der Waals surface area (Å²) in [5.41, 5.74) is 2.87. The van der Waals surface area contributed by atoms with Gasteiger partial charge in [0, 0.05) is 24.7 Å². The van der Waals surface area contributed by atoms with E-state index < -0.39 is 5.97 Å². The van der Waals surface area contributed by atoms with Gasteiger partial charge in [-0.3, -0.25) is 9.59 Å². The number of hydrogen-bond donors (Lipinski definition) is 1. The summed E-state index contributed by atoms with van der Waals surface area (Å²) in [5.74, 6) is 0.334. The Hall–Kier alpha value is -4.20. The molecule has 0 bridgehead atoms. The highest BCUT2D eigenvalue weighted by Crippen LogP contribution is 2.37. The maximum absolute atomic E-state index is 13.1. The zero-order chi connectivity index (χ0) is 24.1. The summed E-state index contributed by atoms with van der Waals surface area (Å²) in [7, 11) is 2.90. The molecule has 2 amide bonds. The maximum Gasteiger partial charge on any atom is 0.339 e. The third-order valence-electron chi connectivity index (χ3n) is 5.80. The predicted octanol–water partition coefficient (Wildman–Crippen LogP) is 3.99. The second-order valence-electron chi connectivity index (χ2n) is 7.89. The SMILES string of the molecule is COC(=O)c1ccc(NC(=O)CCC2c3ccccc3C(=O)N2Cc2ccc(OC)cc2)nc1. The van der Waals surface area contributed by atoms with Gasteiger partial charge in [0.15, 0.2) is 0 Å². The van der Waals surface area contributed by atoms with Crippen molar-refractivity contribution < 1.29 is 23.9 Å². The number of hydrogen-bond acceptors (Lipinski definition) is 6. The predicted molar refractivity (Wildman–Crippen MR) is 125 cm³/mol. The number of ether oxygens (including phenoxy) is 2. The molecule has 1 aliphatic rings. The minimum Gasteiger partial charge on any atom is -0.497 e. The van der Waals surface area contributed by atoms with E-state index in [1.807, 2.05) is 53.4 Å². The van der Waals surface area contributed by atoms with Crippen LogP contribution in [-0.4, -0.2) is 41.9 Å². The molecule has 1 atom stereocenters. The molecule has 1 unspecified atom stereocenters. The van der Waals surface area contributed by atoms with E-state index in [9.17, 15) is 14.4 Å². The normalized spacial score (nSPS) is 14.5. The van der Waals surface area contributed by atoms with Gasteiger partial charge in [-0.25, -0.2) is 9.78 Å². The molecule has 34 heavy (non-hydrogen) atoms. The van der Waals surface area contributed by atoms with Crippen LogP contribution in [-0.2, 0) is 16.1 Å². The molecule has 0 aliphatic carbocycles. The Kier molecular flexibility index (Phi) is 6.87. The number of fused-ring (bicyclic) bond motifs is 1. The second kappa shape index (κ2) is 10.2. The molecule has 8 nitrogen and oxygen atoms in total. The van der Waals surface area contributed by atoms with Crippen molar-refractivity contribution in [2.75, 3.05) is 19.5 Å². The Labute approximate surface area is 197 Å². The number of carbonyl (C=O) groups is 3. The Morgan fingerprint density at radius 1 is 1.03 bits per heavy atom. The summed E-state index contributed by atoms with van der Waals surface area (Å²) in [5, 5.41) is 2.74. The lowest BCUT2D eigenvalue weighted by Gasteiger charge is -2.25. The van der Waals surface area contributed by atoms with Crippen LogP contribution in [0.1, 0.15) is 50.7 Å². The van der Waals surface area contributed by atoms with Crippen molar-refractivity contribution in [3.8, 4) is 5.75 Å². The maximum atomic E-state index is 13.1. The molecule has 0 saturated carbocycles. The van der Waals surface area contributed by atoms with Crippen LogP contribution in [0.2, 0.25) is 0 Å². The number of esters is 1. The van der Waals surface area contributed by atoms with E-state index in [0.717, 1.165) is 16.9 Å². The number of nitrogens with zero attached hydrogens (tertiary/aromatic N) is 2. The fraction of sp³-hybridized carbons (Fsp3) is 0.231. The number of amides is 2. The van der Waals surface area contributed by atoms with Crippen LogP contribution in [0.3, 0.4) is 0 Å². The molecular formula is C26H25N3O5. The zero-order valence-corrected chi connectivity index (χ0v) is 19.0. The number of rotatable bonds is 8. The first-order chi connectivity index (χ1) is 16.5. The molecule has 0 spiro atoms. The molecule has 2 heterocycles. The van der Waals surface area contributed by atoms with Crippen LogP contribution in [0, 0.1) is 0 Å². The molecule has 1 aromatic heterocycles. The van der Waals surface area contributed by atoms with Crippen LogP contribution >= 0.6 is 0 Å². The fourth-order valence-electron chi connectivity index (χ4n) is 4.05. The van der Waals surface area contributed by atoms with Crippen molar-refractivity contribution in [3.63, 3.8) is 0 Å². The highest BCUT2D eigenvalue weighted by molar-refractivity contribution is 5.99. The third kappa shape index (κ3) is 4.91. The Morgan fingerprint density at radius 2 is 1.79 bits per heavy atom. The third-order valence-corrected chi connectivity index (χ3v) is 5.80. The van der Waals surface area contributed by atoms with E-state index in [0.29, 0.717) is 29.9 Å². The summed E-state index contributed by atoms with van der Waals surface area (Å²) in [6.45, 7) is 0.431. The van der Waals surface area contributed by atoms with Gasteiger partial charge in [0.1, 0.15) is 11.6 Å². The fourth-order valence-corrected chi connectivity index (χ4v) is 4.05. The number of pyridine rings is 1. The van der Waals surface area contributed by atoms with Crippen LogP contribution < -0.4 is 10.1 Å². The lowest BCUT2D eigenvalue weighted by molar-refractivity contribution is -0.116. The van der Waals surface area contributed by atoms with Crippen LogP contribution in [0.5, 0.6) is 5.75 Å². The van der Waals surface area contributed by atoms with Crippen LogP contribution in [0.25, 0.3) is 0 Å². The smallest absolute Gasteiger partial charge is 0.339 e. The minimum absolute atomic E-state index is 0.0445. The Bertz CT molecular complexity index is 1190. The summed E-state index contributed by atoms with van der Waals surface area (Å²) < 4.78 is 9.87. The van der Waals surface area contributed by atoms with Gasteiger partial charge in [0.05, 0.1) is 25.8 Å². The molecule has 8 heteroatoms. The van der Waals surface area contributed by atoms with Gasteiger partial charge in [0.25, 0.3) is 5.91 Å². The highest BCUT2D eigenvalue weighted by Gasteiger charge is 2.36. The van der Waals surface area contributed by atoms with E-state index in [1.165, 1.54) is 19.4 Å². The van der Waals surface area contributed by atoms with E-state index in [4.69, 9.17) is 4.74 Å². The van der Waals surface area contributed by atoms with E-state index in [2.05, 4.69) is 15.0 Å². The molecule has 3 aromatic rings. The van der Waals surface area contributed by atoms with Gasteiger partial charge in [-0.15, -0.1) is 0 Å². The monoisotopic (exact) mass is 459 g/mol. The largest absolute Gasteiger partial charge is 0.497 e. The topological polar surface area (TPSA) is 97.8 Å². The summed E-state index contributed by atoms with van der Waals surface area (Å²) in [6, 6.07) is 18.0. The number of aromatic nitrogens is 1. The standard InChI is InChI=1S/C26H25N3O5/c1-33-19-10-7-17(8-11-19)16-29-22(20-5-3-4-6-21(20)25(29)31)12-14-24(30)28-23-13-9-18(15-27-23)26(32)34-2/h3-11,13,15,22H,12,14,16H2,1-2H3,(H,27,28,30). The van der Waals surface area contributed by atoms with Gasteiger partial charge >= 0.3 is 5.97 Å². The van der Waals surface area contributed by atoms with Gasteiger partial charge in [-0.05, 0) is 47.9 Å². The Balaban J connectivity index is 1.44. The first kappa shape index (κ1) is 23.0. The molecular weight excluding hydrogens is 434 g/mol. The van der Waals surface area contributed by atoms with Crippen molar-refractivity contribution in [1.29, 1.82) is 0 Å². The average molecular weight is 460 g/mol. The quantitative estimate of drug-likeness (QED) is 0.512. The molecule has 0 radical (unpaired) electrons. The number of nitrogens with one attached hydrogen (secondary N) is 1. The number of anilines is 1. The molecule has 4 rings (SSSR count). The van der Waals surface area contributed by atoms with Gasteiger partial charge in [-0.1, -0.05) is 30.3 Å². The van der Waals surface area contributed by atoms with Gasteiger partial charge < -0.3 is 19.7 Å². The number of carbonyl (C=O) groups excluding carboxylic acids is 3. The highest BCUT2D eigenvalue weighted by atomic mass is 16.5. The first-order valence-electron chi connectivity index (χ1n) is 10.9. The molecule has 2 aromatic carbocycles. The lowest BCUT2D eigenvalue weighted by atomic mass is 10.0. The number of benzene rings is 2. The summed E-state index contributed by atoms with van der Waals surface area (Å²) in [6.07, 6.45) is 2.01. The van der Waals surface area contributed by atoms with Crippen molar-refractivity contribution in [1.82, 2.24) is 9.88 Å². The van der Waals surface area contributed by atoms with E-state index in [1.54, 1.807) is 13.2 Å². The number of methoxy groups -OCH3 is 2. The Morgan fingerprint density at radius 3 is 2.47 bits per heavy atom. The van der Waals surface area contributed by atoms with Gasteiger partial charge in [-0.2, -0.15) is 0 Å². The van der Waals surface area contributed by atoms with Crippen molar-refractivity contribution in [3.05, 3.63) is 89.1 Å². The minimum atomic E-state index is -0.494. The molecule has 1 N–H and O–H groups in total. The second-order valence-corrected chi connectivity index (χ2v) is 7.89. The molecule has 0 saturated heterocycles. The van der Waals surface area contributed by atoms with Crippen LogP contribution in [0.15, 0.2) is 66.9 Å². The average Bonchev–Trinajstić information content (AvgIpc) is 3.14. The van der Waals surface area contributed by atoms with Crippen molar-refractivity contribution in [2.45, 2.75) is 25.4 Å². The lowest BCUT2D eigenvalue weighted by Crippen LogP contribution is -2.28. The van der Waals surface area contributed by atoms with Gasteiger partial charge in [0.2, 0.25) is 5.91 Å². The molecule has 0 fully saturated rings. The van der Waals surface area contributed by atoms with E-state index >= 15 is 0 Å². The zero-order valence-electron chi connectivity index (χ0n) is 19.0. The molecule has 1 aliphatic heterocycles. The van der Waals surface area contributed by atoms with Crippen LogP contribution in [0.4, 0.5) is 5.82 Å².